The molecule has 0 saturated heterocycles. The standard InChI is InChI=1S/C19H16N2O4/c22-19(20-15-6-2-1-3-7-15)12-10-17-9-11-18(25-17)14-5-4-8-16(13-14)21(23)24/h1-9,11,13H,10,12H2,(H,20,22). The van der Waals surface area contributed by atoms with Gasteiger partial charge in [-0.05, 0) is 24.3 Å². The molecule has 0 aliphatic carbocycles. The fourth-order valence-corrected chi connectivity index (χ4v) is 2.42. The number of nitro groups is 1. The van der Waals surface area contributed by atoms with E-state index in [1.165, 1.54) is 12.1 Å². The normalized spacial score (nSPS) is 10.4. The van der Waals surface area contributed by atoms with Crippen molar-refractivity contribution in [3.63, 3.8) is 0 Å². The van der Waals surface area contributed by atoms with Crippen molar-refractivity contribution in [2.45, 2.75) is 12.8 Å². The lowest BCUT2D eigenvalue weighted by molar-refractivity contribution is -0.384. The van der Waals surface area contributed by atoms with Gasteiger partial charge in [-0.3, -0.25) is 14.9 Å². The summed E-state index contributed by atoms with van der Waals surface area (Å²) in [6, 6.07) is 19.0. The van der Waals surface area contributed by atoms with E-state index in [1.807, 2.05) is 30.3 Å². The zero-order chi connectivity index (χ0) is 17.6. The van der Waals surface area contributed by atoms with E-state index in [0.717, 1.165) is 5.69 Å². The second-order valence-corrected chi connectivity index (χ2v) is 5.49. The van der Waals surface area contributed by atoms with Gasteiger partial charge in [-0.2, -0.15) is 0 Å². The SMILES string of the molecule is O=C(CCc1ccc(-c2cccc([N+](=O)[O-])c2)o1)Nc1ccccc1. The number of nitro benzene ring substituents is 1. The molecule has 0 spiro atoms. The minimum absolute atomic E-state index is 0.0117. The van der Waals surface area contributed by atoms with Crippen molar-refractivity contribution in [2.24, 2.45) is 0 Å². The van der Waals surface area contributed by atoms with Crippen molar-refractivity contribution in [1.82, 2.24) is 0 Å². The summed E-state index contributed by atoms with van der Waals surface area (Å²) in [6.07, 6.45) is 0.740. The van der Waals surface area contributed by atoms with Gasteiger partial charge >= 0.3 is 0 Å². The van der Waals surface area contributed by atoms with E-state index in [0.29, 0.717) is 23.5 Å². The third kappa shape index (κ3) is 4.32. The van der Waals surface area contributed by atoms with E-state index in [1.54, 1.807) is 24.3 Å². The molecule has 0 fully saturated rings. The number of amides is 1. The van der Waals surface area contributed by atoms with Crippen molar-refractivity contribution >= 4 is 17.3 Å². The Kier molecular flexibility index (Phi) is 4.89. The third-order valence-electron chi connectivity index (χ3n) is 3.66. The van der Waals surface area contributed by atoms with Crippen molar-refractivity contribution in [3.05, 3.63) is 82.6 Å². The first-order valence-electron chi connectivity index (χ1n) is 7.80. The van der Waals surface area contributed by atoms with Crippen LogP contribution in [0.25, 0.3) is 11.3 Å². The predicted molar refractivity (Wildman–Crippen MR) is 94.2 cm³/mol. The minimum atomic E-state index is -0.443. The highest BCUT2D eigenvalue weighted by atomic mass is 16.6. The molecule has 0 aliphatic heterocycles. The Hall–Kier alpha value is -3.41. The summed E-state index contributed by atoms with van der Waals surface area (Å²) in [5.41, 5.74) is 1.40. The fraction of sp³-hybridized carbons (Fsp3) is 0.105. The molecule has 0 saturated carbocycles. The highest BCUT2D eigenvalue weighted by molar-refractivity contribution is 5.90. The summed E-state index contributed by atoms with van der Waals surface area (Å²) in [7, 11) is 0. The summed E-state index contributed by atoms with van der Waals surface area (Å²) >= 11 is 0. The average molecular weight is 336 g/mol. The van der Waals surface area contributed by atoms with E-state index < -0.39 is 4.92 Å². The van der Waals surface area contributed by atoms with Crippen LogP contribution in [0.15, 0.2) is 71.1 Å². The molecule has 0 atom stereocenters. The maximum Gasteiger partial charge on any atom is 0.270 e. The van der Waals surface area contributed by atoms with Gasteiger partial charge in [0.05, 0.1) is 4.92 Å². The van der Waals surface area contributed by atoms with Crippen molar-refractivity contribution in [2.75, 3.05) is 5.32 Å². The molecular formula is C19H16N2O4. The number of carbonyl (C=O) groups excluding carboxylic acids is 1. The van der Waals surface area contributed by atoms with E-state index in [4.69, 9.17) is 4.42 Å². The highest BCUT2D eigenvalue weighted by Gasteiger charge is 2.11. The number of rotatable bonds is 6. The summed E-state index contributed by atoms with van der Waals surface area (Å²) in [6.45, 7) is 0. The van der Waals surface area contributed by atoms with Gasteiger partial charge in [0.1, 0.15) is 11.5 Å². The zero-order valence-electron chi connectivity index (χ0n) is 13.3. The van der Waals surface area contributed by atoms with Crippen molar-refractivity contribution < 1.29 is 14.1 Å². The zero-order valence-corrected chi connectivity index (χ0v) is 13.3. The monoisotopic (exact) mass is 336 g/mol. The minimum Gasteiger partial charge on any atom is -0.461 e. The molecule has 0 unspecified atom stereocenters. The molecule has 1 N–H and O–H groups in total. The van der Waals surface area contributed by atoms with Crippen LogP contribution < -0.4 is 5.32 Å². The maximum atomic E-state index is 12.0. The topological polar surface area (TPSA) is 85.4 Å². The lowest BCUT2D eigenvalue weighted by Gasteiger charge is -2.03. The first kappa shape index (κ1) is 16.4. The van der Waals surface area contributed by atoms with Gasteiger partial charge in [0.25, 0.3) is 5.69 Å². The van der Waals surface area contributed by atoms with Gasteiger partial charge in [0.2, 0.25) is 5.91 Å². The fourth-order valence-electron chi connectivity index (χ4n) is 2.42. The highest BCUT2D eigenvalue weighted by Crippen LogP contribution is 2.26. The van der Waals surface area contributed by atoms with Crippen LogP contribution in [0.2, 0.25) is 0 Å². The first-order valence-corrected chi connectivity index (χ1v) is 7.80. The molecule has 0 bridgehead atoms. The Labute approximate surface area is 144 Å². The molecule has 2 aromatic carbocycles. The van der Waals surface area contributed by atoms with Crippen LogP contribution in [0.1, 0.15) is 12.2 Å². The molecule has 6 nitrogen and oxygen atoms in total. The summed E-state index contributed by atoms with van der Waals surface area (Å²) in [5.74, 6) is 1.10. The predicted octanol–water partition coefficient (Wildman–Crippen LogP) is 4.43. The molecule has 3 rings (SSSR count). The number of hydrogen-bond acceptors (Lipinski definition) is 4. The van der Waals surface area contributed by atoms with Crippen molar-refractivity contribution in [1.29, 1.82) is 0 Å². The number of non-ortho nitro benzene ring substituents is 1. The number of hydrogen-bond donors (Lipinski definition) is 1. The summed E-state index contributed by atoms with van der Waals surface area (Å²) in [5, 5.41) is 13.7. The van der Waals surface area contributed by atoms with Gasteiger partial charge in [0.15, 0.2) is 0 Å². The Morgan fingerprint density at radius 2 is 1.84 bits per heavy atom. The molecular weight excluding hydrogens is 320 g/mol. The van der Waals surface area contributed by atoms with Gasteiger partial charge in [0, 0.05) is 36.2 Å². The van der Waals surface area contributed by atoms with Crippen LogP contribution in [0.5, 0.6) is 0 Å². The van der Waals surface area contributed by atoms with Crippen LogP contribution in [-0.2, 0) is 11.2 Å². The van der Waals surface area contributed by atoms with Crippen LogP contribution in [0.4, 0.5) is 11.4 Å². The Balaban J connectivity index is 1.61. The average Bonchev–Trinajstić information content (AvgIpc) is 3.10. The van der Waals surface area contributed by atoms with E-state index in [2.05, 4.69) is 5.32 Å². The smallest absolute Gasteiger partial charge is 0.270 e. The largest absolute Gasteiger partial charge is 0.461 e. The summed E-state index contributed by atoms with van der Waals surface area (Å²) < 4.78 is 5.70. The molecule has 126 valence electrons. The van der Waals surface area contributed by atoms with Crippen LogP contribution in [0, 0.1) is 10.1 Å². The molecule has 1 aromatic heterocycles. The van der Waals surface area contributed by atoms with Gasteiger partial charge in [-0.15, -0.1) is 0 Å². The number of nitrogens with zero attached hydrogens (tertiary/aromatic N) is 1. The quantitative estimate of drug-likeness (QED) is 0.533. The Morgan fingerprint density at radius 1 is 1.04 bits per heavy atom. The van der Waals surface area contributed by atoms with Crippen molar-refractivity contribution in [3.8, 4) is 11.3 Å². The third-order valence-corrected chi connectivity index (χ3v) is 3.66. The maximum absolute atomic E-state index is 12.0. The molecule has 0 aliphatic rings. The first-order chi connectivity index (χ1) is 12.1. The van der Waals surface area contributed by atoms with Gasteiger partial charge in [-0.25, -0.2) is 0 Å². The number of benzene rings is 2. The molecule has 25 heavy (non-hydrogen) atoms. The van der Waals surface area contributed by atoms with E-state index in [9.17, 15) is 14.9 Å². The molecule has 0 radical (unpaired) electrons. The molecule has 1 amide bonds. The van der Waals surface area contributed by atoms with Crippen LogP contribution >= 0.6 is 0 Å². The molecule has 6 heteroatoms. The molecule has 1 heterocycles. The summed E-state index contributed by atoms with van der Waals surface area (Å²) in [4.78, 5) is 22.4. The van der Waals surface area contributed by atoms with Gasteiger partial charge in [-0.1, -0.05) is 30.3 Å². The number of carbonyl (C=O) groups is 1. The number of anilines is 1. The number of nitrogens with one attached hydrogen (secondary N) is 1. The Bertz CT molecular complexity index is 887. The van der Waals surface area contributed by atoms with Crippen LogP contribution in [0.3, 0.4) is 0 Å². The van der Waals surface area contributed by atoms with Crippen LogP contribution in [-0.4, -0.2) is 10.8 Å². The van der Waals surface area contributed by atoms with Gasteiger partial charge < -0.3 is 9.73 Å². The van der Waals surface area contributed by atoms with E-state index >= 15 is 0 Å². The number of aryl methyl sites for hydroxylation is 1. The second-order valence-electron chi connectivity index (χ2n) is 5.49. The second kappa shape index (κ2) is 7.44. The van der Waals surface area contributed by atoms with E-state index in [-0.39, 0.29) is 18.0 Å². The Morgan fingerprint density at radius 3 is 2.60 bits per heavy atom. The number of furan rings is 1. The lowest BCUT2D eigenvalue weighted by atomic mass is 10.1. The lowest BCUT2D eigenvalue weighted by Crippen LogP contribution is -2.11. The number of para-hydroxylation sites is 1. The molecule has 3 aromatic rings.